The van der Waals surface area contributed by atoms with E-state index in [1.54, 1.807) is 0 Å². The van der Waals surface area contributed by atoms with E-state index >= 15 is 0 Å². The molecule has 0 aromatic carbocycles. The van der Waals surface area contributed by atoms with Gasteiger partial charge in [-0.1, -0.05) is 41.2 Å². The van der Waals surface area contributed by atoms with Crippen LogP contribution in [-0.4, -0.2) is 39.8 Å². The largest absolute Gasteiger partial charge is 0.481 e. The Morgan fingerprint density at radius 2 is 1.69 bits per heavy atom. The van der Waals surface area contributed by atoms with E-state index in [1.165, 1.54) is 0 Å². The third-order valence-electron chi connectivity index (χ3n) is 13.4. The lowest BCUT2D eigenvalue weighted by molar-refractivity contribution is -0.271. The summed E-state index contributed by atoms with van der Waals surface area (Å²) in [6, 6.07) is 0. The van der Waals surface area contributed by atoms with Crippen molar-refractivity contribution in [2.24, 2.45) is 56.7 Å². The van der Waals surface area contributed by atoms with Gasteiger partial charge in [0.05, 0.1) is 18.1 Å². The first kappa shape index (κ1) is 25.4. The smallest absolute Gasteiger partial charge is 0.309 e. The van der Waals surface area contributed by atoms with Gasteiger partial charge in [0.2, 0.25) is 0 Å². The van der Waals surface area contributed by atoms with E-state index in [-0.39, 0.29) is 46.5 Å². The van der Waals surface area contributed by atoms with Gasteiger partial charge in [-0.05, 0) is 97.4 Å². The highest BCUT2D eigenvalue weighted by molar-refractivity contribution is 5.85. The Morgan fingerprint density at radius 1 is 1.00 bits per heavy atom. The molecule has 0 saturated heterocycles. The second kappa shape index (κ2) is 7.66. The lowest BCUT2D eigenvalue weighted by atomic mass is 9.31. The van der Waals surface area contributed by atoms with Crippen molar-refractivity contribution >= 4 is 11.8 Å². The molecule has 5 nitrogen and oxygen atoms in total. The molecule has 5 rings (SSSR count). The summed E-state index contributed by atoms with van der Waals surface area (Å²) in [4.78, 5) is 25.7. The molecule has 0 radical (unpaired) electrons. The van der Waals surface area contributed by atoms with Crippen LogP contribution in [0.4, 0.5) is 0 Å². The minimum atomic E-state index is -0.749. The van der Waals surface area contributed by atoms with Gasteiger partial charge in [-0.25, -0.2) is 0 Å². The van der Waals surface area contributed by atoms with E-state index in [2.05, 4.69) is 41.2 Å². The molecule has 5 fully saturated rings. The van der Waals surface area contributed by atoms with Crippen LogP contribution in [0.2, 0.25) is 0 Å². The Kier molecular flexibility index (Phi) is 5.57. The maximum Gasteiger partial charge on any atom is 0.309 e. The molecule has 5 aliphatic rings. The molecule has 0 aromatic heterocycles. The topological polar surface area (TPSA) is 94.8 Å². The van der Waals surface area contributed by atoms with Crippen molar-refractivity contribution in [3.05, 3.63) is 12.2 Å². The van der Waals surface area contributed by atoms with Gasteiger partial charge in [0.15, 0.2) is 0 Å². The van der Waals surface area contributed by atoms with Crippen LogP contribution in [0.1, 0.15) is 92.4 Å². The minimum absolute atomic E-state index is 0.00945. The molecule has 5 aliphatic carbocycles. The number of aliphatic hydroxyl groups is 2. The molecule has 0 spiro atoms. The highest BCUT2D eigenvalue weighted by Gasteiger charge is 2.74. The maximum atomic E-state index is 12.9. The normalized spacial score (nSPS) is 52.6. The van der Waals surface area contributed by atoms with Crippen molar-refractivity contribution in [3.63, 3.8) is 0 Å². The number of aliphatic hydroxyl groups excluding tert-OH is 2. The molecule has 0 aliphatic heterocycles. The van der Waals surface area contributed by atoms with Gasteiger partial charge in [-0.2, -0.15) is 0 Å². The zero-order valence-corrected chi connectivity index (χ0v) is 22.4. The average molecular weight is 487 g/mol. The van der Waals surface area contributed by atoms with E-state index in [1.807, 2.05) is 0 Å². The van der Waals surface area contributed by atoms with E-state index < -0.39 is 22.9 Å². The molecule has 0 amide bonds. The van der Waals surface area contributed by atoms with Crippen LogP contribution in [0.3, 0.4) is 0 Å². The summed E-state index contributed by atoms with van der Waals surface area (Å²) in [6.45, 7) is 15.3. The third-order valence-corrected chi connectivity index (χ3v) is 13.4. The van der Waals surface area contributed by atoms with Crippen molar-refractivity contribution in [1.29, 1.82) is 0 Å². The van der Waals surface area contributed by atoms with Gasteiger partial charge < -0.3 is 15.3 Å². The van der Waals surface area contributed by atoms with Crippen LogP contribution in [0.15, 0.2) is 12.2 Å². The summed E-state index contributed by atoms with van der Waals surface area (Å²) < 4.78 is 0. The van der Waals surface area contributed by atoms with Crippen molar-refractivity contribution in [2.45, 2.75) is 98.5 Å². The number of carbonyl (C=O) groups excluding carboxylic acids is 1. The van der Waals surface area contributed by atoms with Gasteiger partial charge in [-0.3, -0.25) is 9.59 Å². The second-order valence-corrected chi connectivity index (χ2v) is 14.3. The van der Waals surface area contributed by atoms with Crippen molar-refractivity contribution < 1.29 is 24.9 Å². The van der Waals surface area contributed by atoms with E-state index in [0.29, 0.717) is 37.4 Å². The number of ketones is 1. The molecule has 0 bridgehead atoms. The first-order valence-corrected chi connectivity index (χ1v) is 13.9. The molecule has 10 atom stereocenters. The number of carbonyl (C=O) groups is 2. The molecule has 0 aromatic rings. The molecule has 35 heavy (non-hydrogen) atoms. The zero-order valence-electron chi connectivity index (χ0n) is 22.4. The zero-order chi connectivity index (χ0) is 25.8. The molecule has 5 saturated carbocycles. The quantitative estimate of drug-likeness (QED) is 0.474. The van der Waals surface area contributed by atoms with Crippen molar-refractivity contribution in [3.8, 4) is 0 Å². The van der Waals surface area contributed by atoms with Crippen LogP contribution in [0.5, 0.6) is 0 Å². The number of fused-ring (bicyclic) bond motifs is 7. The monoisotopic (exact) mass is 486 g/mol. The lowest BCUT2D eigenvalue weighted by Crippen LogP contribution is -2.70. The molecule has 0 heterocycles. The fraction of sp³-hybridized carbons (Fsp3) is 0.867. The summed E-state index contributed by atoms with van der Waals surface area (Å²) in [5.74, 6) is 0.270. The lowest BCUT2D eigenvalue weighted by Gasteiger charge is -2.73. The van der Waals surface area contributed by atoms with Crippen LogP contribution in [0.25, 0.3) is 0 Å². The Hall–Kier alpha value is -1.20. The van der Waals surface area contributed by atoms with Gasteiger partial charge in [0.25, 0.3) is 0 Å². The standard InChI is InChI=1S/C30H46O5/c1-17(16-31)18-9-12-30(25(34)35)14-13-28(5)19(24(18)30)7-8-20-27(4)11-10-22(32)26(2,3)21(27)15-23(33)29(20,28)6/h18-21,23-24,31,33H,1,7-16H2,2-6H3,(H,34,35)/t18-,19+,20+,21-,23-,24+,27+,28+,29-,30-/m0/s1. The fourth-order valence-corrected chi connectivity index (χ4v) is 11.3. The van der Waals surface area contributed by atoms with Gasteiger partial charge in [0, 0.05) is 17.3 Å². The predicted octanol–water partition coefficient (Wildman–Crippen LogP) is 5.24. The number of carboxylic acid groups (broad SMARTS) is 1. The Bertz CT molecular complexity index is 954. The Balaban J connectivity index is 1.60. The fourth-order valence-electron chi connectivity index (χ4n) is 11.3. The van der Waals surface area contributed by atoms with Gasteiger partial charge in [0.1, 0.15) is 5.78 Å². The summed E-state index contributed by atoms with van der Waals surface area (Å²) in [7, 11) is 0. The van der Waals surface area contributed by atoms with E-state index in [0.717, 1.165) is 37.7 Å². The highest BCUT2D eigenvalue weighted by atomic mass is 16.4. The highest BCUT2D eigenvalue weighted by Crippen LogP contribution is 2.77. The number of carboxylic acids is 1. The van der Waals surface area contributed by atoms with Gasteiger partial charge in [-0.15, -0.1) is 0 Å². The summed E-state index contributed by atoms with van der Waals surface area (Å²) in [5, 5.41) is 32.5. The van der Waals surface area contributed by atoms with Crippen LogP contribution in [-0.2, 0) is 9.59 Å². The third kappa shape index (κ3) is 2.89. The Morgan fingerprint density at radius 3 is 2.31 bits per heavy atom. The van der Waals surface area contributed by atoms with Crippen molar-refractivity contribution in [2.75, 3.05) is 6.61 Å². The van der Waals surface area contributed by atoms with Crippen LogP contribution < -0.4 is 0 Å². The van der Waals surface area contributed by atoms with Crippen molar-refractivity contribution in [1.82, 2.24) is 0 Å². The Labute approximate surface area is 210 Å². The molecule has 0 unspecified atom stereocenters. The maximum absolute atomic E-state index is 12.9. The first-order chi connectivity index (χ1) is 16.2. The number of aliphatic carboxylic acids is 1. The number of hydrogen-bond donors (Lipinski definition) is 3. The second-order valence-electron chi connectivity index (χ2n) is 14.3. The number of Topliss-reactive ketones (excluding diaryl/α,β-unsaturated/α-hetero) is 1. The van der Waals surface area contributed by atoms with Crippen LogP contribution in [0, 0.1) is 56.7 Å². The van der Waals surface area contributed by atoms with Crippen LogP contribution >= 0.6 is 0 Å². The minimum Gasteiger partial charge on any atom is -0.481 e. The molecule has 196 valence electrons. The molecular weight excluding hydrogens is 440 g/mol. The summed E-state index contributed by atoms with van der Waals surface area (Å²) in [5.41, 5.74) is -0.940. The molecular formula is C30H46O5. The average Bonchev–Trinajstić information content (AvgIpc) is 3.20. The van der Waals surface area contributed by atoms with Gasteiger partial charge >= 0.3 is 5.97 Å². The SMILES string of the molecule is C=C(CO)[C@@H]1CC[C@]2(C(=O)O)CC[C@]3(C)[C@H](CC[C@@H]4[C@@]5(C)CCC(=O)C(C)(C)[C@@H]5C[C@H](O)[C@]43C)[C@@H]12. The summed E-state index contributed by atoms with van der Waals surface area (Å²) >= 11 is 0. The molecule has 3 N–H and O–H groups in total. The van der Waals surface area contributed by atoms with E-state index in [4.69, 9.17) is 0 Å². The first-order valence-electron chi connectivity index (χ1n) is 13.9. The van der Waals surface area contributed by atoms with E-state index in [9.17, 15) is 24.9 Å². The number of rotatable bonds is 3. The number of hydrogen-bond acceptors (Lipinski definition) is 4. The molecule has 5 heteroatoms. The summed E-state index contributed by atoms with van der Waals surface area (Å²) in [6.07, 6.45) is 6.44. The predicted molar refractivity (Wildman–Crippen MR) is 134 cm³/mol.